The van der Waals surface area contributed by atoms with Crippen molar-refractivity contribution in [3.63, 3.8) is 0 Å². The average Bonchev–Trinajstić information content (AvgIpc) is 2.99. The maximum atomic E-state index is 5.93. The molecule has 5 nitrogen and oxygen atoms in total. The summed E-state index contributed by atoms with van der Waals surface area (Å²) in [7, 11) is 1.68. The van der Waals surface area contributed by atoms with Crippen LogP contribution in [0.4, 0.5) is 5.69 Å². The van der Waals surface area contributed by atoms with Crippen molar-refractivity contribution in [2.75, 3.05) is 31.7 Å². The summed E-state index contributed by atoms with van der Waals surface area (Å²) in [6.07, 6.45) is 2.55. The molecule has 1 saturated heterocycles. The number of methoxy groups -OCH3 is 1. The number of benzene rings is 1. The zero-order chi connectivity index (χ0) is 15.1. The highest BCUT2D eigenvalue weighted by Crippen LogP contribution is 2.24. The standard InChI is InChI=1S/C16H26N4O/c1-13(12-21-2)19-16(17)18-11-14-7-3-4-8-15(14)20-9-5-6-10-20/h3-4,7-8,13H,5-6,9-12H2,1-2H3,(H3,17,18,19). The van der Waals surface area contributed by atoms with Crippen molar-refractivity contribution in [1.29, 1.82) is 0 Å². The van der Waals surface area contributed by atoms with Gasteiger partial charge in [-0.15, -0.1) is 0 Å². The molecule has 1 aromatic carbocycles. The van der Waals surface area contributed by atoms with E-state index in [0.29, 0.717) is 19.1 Å². The van der Waals surface area contributed by atoms with Gasteiger partial charge >= 0.3 is 0 Å². The van der Waals surface area contributed by atoms with E-state index in [4.69, 9.17) is 10.5 Å². The van der Waals surface area contributed by atoms with Gasteiger partial charge in [-0.1, -0.05) is 18.2 Å². The second-order valence-electron chi connectivity index (χ2n) is 5.53. The molecule has 116 valence electrons. The Balaban J connectivity index is 1.99. The van der Waals surface area contributed by atoms with Crippen LogP contribution in [0.5, 0.6) is 0 Å². The molecule has 0 amide bonds. The van der Waals surface area contributed by atoms with Crippen LogP contribution in [0.25, 0.3) is 0 Å². The Morgan fingerprint density at radius 2 is 2.10 bits per heavy atom. The molecule has 1 atom stereocenters. The average molecular weight is 290 g/mol. The largest absolute Gasteiger partial charge is 0.383 e. The van der Waals surface area contributed by atoms with Crippen molar-refractivity contribution in [3.05, 3.63) is 29.8 Å². The lowest BCUT2D eigenvalue weighted by Crippen LogP contribution is -2.40. The molecule has 0 aromatic heterocycles. The van der Waals surface area contributed by atoms with E-state index in [0.717, 1.165) is 13.1 Å². The maximum absolute atomic E-state index is 5.93. The van der Waals surface area contributed by atoms with Gasteiger partial charge in [-0.3, -0.25) is 0 Å². The highest BCUT2D eigenvalue weighted by molar-refractivity contribution is 5.78. The molecule has 1 fully saturated rings. The van der Waals surface area contributed by atoms with Crippen molar-refractivity contribution in [1.82, 2.24) is 5.32 Å². The summed E-state index contributed by atoms with van der Waals surface area (Å²) in [6.45, 7) is 5.51. The third-order valence-electron chi connectivity index (χ3n) is 3.67. The van der Waals surface area contributed by atoms with Gasteiger partial charge in [0.25, 0.3) is 0 Å². The Kier molecular flexibility index (Phi) is 5.87. The summed E-state index contributed by atoms with van der Waals surface area (Å²) < 4.78 is 5.07. The van der Waals surface area contributed by atoms with Crippen LogP contribution in [0, 0.1) is 0 Å². The van der Waals surface area contributed by atoms with E-state index in [1.165, 1.54) is 24.1 Å². The van der Waals surface area contributed by atoms with Crippen LogP contribution >= 0.6 is 0 Å². The van der Waals surface area contributed by atoms with Crippen molar-refractivity contribution < 1.29 is 4.74 Å². The van der Waals surface area contributed by atoms with E-state index in [-0.39, 0.29) is 6.04 Å². The summed E-state index contributed by atoms with van der Waals surface area (Å²) in [5, 5.41) is 3.13. The van der Waals surface area contributed by atoms with Crippen LogP contribution < -0.4 is 16.0 Å². The van der Waals surface area contributed by atoms with Crippen LogP contribution in [0.2, 0.25) is 0 Å². The van der Waals surface area contributed by atoms with Gasteiger partial charge in [0.05, 0.1) is 13.2 Å². The van der Waals surface area contributed by atoms with Gasteiger partial charge < -0.3 is 20.7 Å². The van der Waals surface area contributed by atoms with E-state index in [2.05, 4.69) is 39.5 Å². The van der Waals surface area contributed by atoms with Gasteiger partial charge in [-0.05, 0) is 31.4 Å². The number of guanidine groups is 1. The maximum Gasteiger partial charge on any atom is 0.189 e. The summed E-state index contributed by atoms with van der Waals surface area (Å²) >= 11 is 0. The van der Waals surface area contributed by atoms with Crippen molar-refractivity contribution in [2.24, 2.45) is 10.7 Å². The molecule has 21 heavy (non-hydrogen) atoms. The van der Waals surface area contributed by atoms with Crippen LogP contribution in [-0.4, -0.2) is 38.8 Å². The first-order valence-corrected chi connectivity index (χ1v) is 7.59. The first-order chi connectivity index (χ1) is 10.2. The van der Waals surface area contributed by atoms with Crippen molar-refractivity contribution >= 4 is 11.6 Å². The fourth-order valence-electron chi connectivity index (χ4n) is 2.67. The molecule has 1 aromatic rings. The number of para-hydroxylation sites is 1. The van der Waals surface area contributed by atoms with Crippen molar-refractivity contribution in [3.8, 4) is 0 Å². The first-order valence-electron chi connectivity index (χ1n) is 7.59. The molecule has 0 aliphatic carbocycles. The summed E-state index contributed by atoms with van der Waals surface area (Å²) in [5.41, 5.74) is 8.44. The quantitative estimate of drug-likeness (QED) is 0.618. The molecule has 5 heteroatoms. The Morgan fingerprint density at radius 3 is 2.81 bits per heavy atom. The number of hydrogen-bond acceptors (Lipinski definition) is 3. The minimum absolute atomic E-state index is 0.160. The van der Waals surface area contributed by atoms with Crippen LogP contribution in [0.3, 0.4) is 0 Å². The topological polar surface area (TPSA) is 62.9 Å². The lowest BCUT2D eigenvalue weighted by molar-refractivity contribution is 0.179. The molecule has 0 radical (unpaired) electrons. The van der Waals surface area contributed by atoms with Crippen molar-refractivity contribution in [2.45, 2.75) is 32.4 Å². The van der Waals surface area contributed by atoms with Gasteiger partial charge in [-0.25, -0.2) is 4.99 Å². The second-order valence-corrected chi connectivity index (χ2v) is 5.53. The number of nitrogens with zero attached hydrogens (tertiary/aromatic N) is 2. The predicted octanol–water partition coefficient (Wildman–Crippen LogP) is 1.73. The smallest absolute Gasteiger partial charge is 0.189 e. The van der Waals surface area contributed by atoms with E-state index < -0.39 is 0 Å². The molecule has 3 N–H and O–H groups in total. The molecular formula is C16H26N4O. The van der Waals surface area contributed by atoms with E-state index in [1.807, 2.05) is 6.92 Å². The molecule has 0 bridgehead atoms. The number of rotatable bonds is 6. The molecule has 1 aliphatic heterocycles. The highest BCUT2D eigenvalue weighted by atomic mass is 16.5. The van der Waals surface area contributed by atoms with Gasteiger partial charge in [0.15, 0.2) is 5.96 Å². The minimum Gasteiger partial charge on any atom is -0.383 e. The summed E-state index contributed by atoms with van der Waals surface area (Å²) in [5.74, 6) is 0.468. The Bertz CT molecular complexity index is 469. The summed E-state index contributed by atoms with van der Waals surface area (Å²) in [6, 6.07) is 8.61. The molecule has 0 saturated carbocycles. The van der Waals surface area contributed by atoms with Gasteiger partial charge in [-0.2, -0.15) is 0 Å². The molecule has 0 spiro atoms. The number of anilines is 1. The Hall–Kier alpha value is -1.75. The van der Waals surface area contributed by atoms with E-state index in [9.17, 15) is 0 Å². The number of hydrogen-bond donors (Lipinski definition) is 2. The van der Waals surface area contributed by atoms with Gasteiger partial charge in [0.1, 0.15) is 0 Å². The lowest BCUT2D eigenvalue weighted by Gasteiger charge is -2.21. The first kappa shape index (κ1) is 15.6. The molecular weight excluding hydrogens is 264 g/mol. The third-order valence-corrected chi connectivity index (χ3v) is 3.67. The van der Waals surface area contributed by atoms with E-state index >= 15 is 0 Å². The zero-order valence-electron chi connectivity index (χ0n) is 13.0. The molecule has 2 rings (SSSR count). The predicted molar refractivity (Wildman–Crippen MR) is 87.7 cm³/mol. The van der Waals surface area contributed by atoms with Gasteiger partial charge in [0.2, 0.25) is 0 Å². The number of aliphatic imine (C=N–C) groups is 1. The zero-order valence-corrected chi connectivity index (χ0v) is 13.0. The Labute approximate surface area is 127 Å². The third kappa shape index (κ3) is 4.63. The van der Waals surface area contributed by atoms with Crippen LogP contribution in [-0.2, 0) is 11.3 Å². The SMILES string of the molecule is COCC(C)NC(N)=NCc1ccccc1N1CCCC1. The lowest BCUT2D eigenvalue weighted by atomic mass is 10.1. The summed E-state index contributed by atoms with van der Waals surface area (Å²) in [4.78, 5) is 6.88. The van der Waals surface area contributed by atoms with E-state index in [1.54, 1.807) is 7.11 Å². The highest BCUT2D eigenvalue weighted by Gasteiger charge is 2.14. The minimum atomic E-state index is 0.160. The fourth-order valence-corrected chi connectivity index (χ4v) is 2.67. The van der Waals surface area contributed by atoms with Gasteiger partial charge in [0, 0.05) is 31.9 Å². The molecule has 1 unspecified atom stereocenters. The number of ether oxygens (including phenoxy) is 1. The second kappa shape index (κ2) is 7.88. The number of nitrogens with one attached hydrogen (secondary N) is 1. The Morgan fingerprint density at radius 1 is 1.38 bits per heavy atom. The molecule has 1 heterocycles. The number of nitrogens with two attached hydrogens (primary N) is 1. The fraction of sp³-hybridized carbons (Fsp3) is 0.562. The monoisotopic (exact) mass is 290 g/mol. The van der Waals surface area contributed by atoms with Crippen LogP contribution in [0.1, 0.15) is 25.3 Å². The molecule has 1 aliphatic rings. The normalized spacial score (nSPS) is 17.0. The van der Waals surface area contributed by atoms with Crippen LogP contribution in [0.15, 0.2) is 29.3 Å².